The third-order valence-electron chi connectivity index (χ3n) is 3.67. The Morgan fingerprint density at radius 3 is 2.24 bits per heavy atom. The van der Waals surface area contributed by atoms with Crippen LogP contribution in [-0.4, -0.2) is 52.8 Å². The third-order valence-corrected chi connectivity index (χ3v) is 3.67. The van der Waals surface area contributed by atoms with Crippen LogP contribution < -0.4 is 4.90 Å². The van der Waals surface area contributed by atoms with Crippen molar-refractivity contribution in [1.29, 1.82) is 0 Å². The second kappa shape index (κ2) is 7.43. The fraction of sp³-hybridized carbons (Fsp3) is 0.444. The molecule has 0 amide bonds. The first-order valence-corrected chi connectivity index (χ1v) is 7.50. The summed E-state index contributed by atoms with van der Waals surface area (Å²) in [5.74, 6) is 0. The van der Waals surface area contributed by atoms with Gasteiger partial charge >= 0.3 is 0 Å². The molecule has 0 aromatic heterocycles. The van der Waals surface area contributed by atoms with E-state index in [4.69, 9.17) is 4.74 Å². The van der Waals surface area contributed by atoms with Crippen LogP contribution in [0, 0.1) is 0 Å². The molecular weight excluding hydrogens is 260 g/mol. The van der Waals surface area contributed by atoms with Gasteiger partial charge in [-0.15, -0.1) is 0 Å². The molecule has 0 radical (unpaired) electrons. The lowest BCUT2D eigenvalue weighted by Crippen LogP contribution is -2.18. The monoisotopic (exact) mass is 286 g/mol. The van der Waals surface area contributed by atoms with E-state index in [0.717, 1.165) is 26.2 Å². The van der Waals surface area contributed by atoms with Crippen molar-refractivity contribution in [3.63, 3.8) is 0 Å². The molecule has 0 N–H and O–H groups in total. The third kappa shape index (κ3) is 4.19. The predicted molar refractivity (Wildman–Crippen MR) is 91.4 cm³/mol. The number of ether oxygens (including phenoxy) is 1. The lowest BCUT2D eigenvalue weighted by Gasteiger charge is -2.17. The molecule has 3 nitrogen and oxygen atoms in total. The van der Waals surface area contributed by atoms with Crippen LogP contribution in [-0.2, 0) is 11.2 Å². The standard InChI is InChI=1S/C18H26N2O/c1-19(2)12-14-21-13-11-15-9-10-18(20(3)4)17-8-6-5-7-16(15)17/h5-10H,11-14H2,1-4H3. The second-order valence-electron chi connectivity index (χ2n) is 5.85. The van der Waals surface area contributed by atoms with E-state index >= 15 is 0 Å². The topological polar surface area (TPSA) is 15.7 Å². The molecule has 0 spiro atoms. The Morgan fingerprint density at radius 1 is 0.857 bits per heavy atom. The first-order valence-electron chi connectivity index (χ1n) is 7.50. The van der Waals surface area contributed by atoms with Crippen LogP contribution in [0.1, 0.15) is 5.56 Å². The van der Waals surface area contributed by atoms with Crippen LogP contribution in [0.25, 0.3) is 10.8 Å². The highest BCUT2D eigenvalue weighted by atomic mass is 16.5. The Kier molecular flexibility index (Phi) is 5.59. The smallest absolute Gasteiger partial charge is 0.0593 e. The van der Waals surface area contributed by atoms with E-state index in [2.05, 4.69) is 74.4 Å². The van der Waals surface area contributed by atoms with Gasteiger partial charge in [-0.3, -0.25) is 0 Å². The van der Waals surface area contributed by atoms with Gasteiger partial charge in [0, 0.05) is 31.7 Å². The van der Waals surface area contributed by atoms with Gasteiger partial charge in [-0.1, -0.05) is 30.3 Å². The van der Waals surface area contributed by atoms with Gasteiger partial charge in [0.25, 0.3) is 0 Å². The van der Waals surface area contributed by atoms with E-state index in [-0.39, 0.29) is 0 Å². The largest absolute Gasteiger partial charge is 0.380 e. The summed E-state index contributed by atoms with van der Waals surface area (Å²) >= 11 is 0. The van der Waals surface area contributed by atoms with Crippen molar-refractivity contribution in [2.45, 2.75) is 6.42 Å². The molecule has 0 aliphatic carbocycles. The number of hydrogen-bond acceptors (Lipinski definition) is 3. The van der Waals surface area contributed by atoms with Gasteiger partial charge in [0.1, 0.15) is 0 Å². The zero-order valence-corrected chi connectivity index (χ0v) is 13.6. The molecule has 0 fully saturated rings. The van der Waals surface area contributed by atoms with Gasteiger partial charge < -0.3 is 14.5 Å². The minimum Gasteiger partial charge on any atom is -0.380 e. The van der Waals surface area contributed by atoms with Gasteiger partial charge in [0.05, 0.1) is 13.2 Å². The summed E-state index contributed by atoms with van der Waals surface area (Å²) in [5, 5.41) is 2.65. The molecule has 21 heavy (non-hydrogen) atoms. The Bertz CT molecular complexity index is 578. The molecule has 114 valence electrons. The molecule has 2 aromatic rings. The highest BCUT2D eigenvalue weighted by Crippen LogP contribution is 2.28. The van der Waals surface area contributed by atoms with E-state index < -0.39 is 0 Å². The van der Waals surface area contributed by atoms with Crippen LogP contribution in [0.2, 0.25) is 0 Å². The molecule has 0 saturated carbocycles. The van der Waals surface area contributed by atoms with Crippen molar-refractivity contribution in [3.8, 4) is 0 Å². The molecule has 0 aliphatic heterocycles. The summed E-state index contributed by atoms with van der Waals surface area (Å²) in [5.41, 5.74) is 2.63. The Balaban J connectivity index is 2.09. The van der Waals surface area contributed by atoms with Gasteiger partial charge in [0.15, 0.2) is 0 Å². The highest BCUT2D eigenvalue weighted by molar-refractivity contribution is 5.96. The number of anilines is 1. The van der Waals surface area contributed by atoms with Crippen LogP contribution in [0.4, 0.5) is 5.69 Å². The lowest BCUT2D eigenvalue weighted by atomic mass is 10.0. The Labute approximate surface area is 128 Å². The number of likely N-dealkylation sites (N-methyl/N-ethyl adjacent to an activating group) is 1. The average molecular weight is 286 g/mol. The molecule has 0 heterocycles. The summed E-state index contributed by atoms with van der Waals surface area (Å²) in [6.07, 6.45) is 0.960. The van der Waals surface area contributed by atoms with E-state index in [0.29, 0.717) is 0 Å². The van der Waals surface area contributed by atoms with Crippen molar-refractivity contribution in [1.82, 2.24) is 4.90 Å². The fourth-order valence-corrected chi connectivity index (χ4v) is 2.48. The average Bonchev–Trinajstić information content (AvgIpc) is 2.46. The number of rotatable bonds is 7. The first-order chi connectivity index (χ1) is 10.1. The predicted octanol–water partition coefficient (Wildman–Crippen LogP) is 3.03. The zero-order valence-electron chi connectivity index (χ0n) is 13.6. The summed E-state index contributed by atoms with van der Waals surface area (Å²) in [7, 11) is 8.31. The molecule has 2 aromatic carbocycles. The molecule has 0 atom stereocenters. The number of benzene rings is 2. The van der Waals surface area contributed by atoms with Gasteiger partial charge in [-0.2, -0.15) is 0 Å². The SMILES string of the molecule is CN(C)CCOCCc1ccc(N(C)C)c2ccccc12. The number of nitrogens with zero attached hydrogens (tertiary/aromatic N) is 2. The van der Waals surface area contributed by atoms with Gasteiger partial charge in [-0.25, -0.2) is 0 Å². The van der Waals surface area contributed by atoms with Crippen molar-refractivity contribution in [3.05, 3.63) is 42.0 Å². The van der Waals surface area contributed by atoms with Crippen molar-refractivity contribution >= 4 is 16.5 Å². The highest BCUT2D eigenvalue weighted by Gasteiger charge is 2.07. The maximum absolute atomic E-state index is 5.72. The normalized spacial score (nSPS) is 11.3. The van der Waals surface area contributed by atoms with Crippen molar-refractivity contribution in [2.75, 3.05) is 52.8 Å². The van der Waals surface area contributed by atoms with Crippen LogP contribution in [0.3, 0.4) is 0 Å². The van der Waals surface area contributed by atoms with E-state index in [1.807, 2.05) is 0 Å². The maximum atomic E-state index is 5.72. The lowest BCUT2D eigenvalue weighted by molar-refractivity contribution is 0.120. The van der Waals surface area contributed by atoms with Crippen molar-refractivity contribution < 1.29 is 4.74 Å². The van der Waals surface area contributed by atoms with Gasteiger partial charge in [0.2, 0.25) is 0 Å². The number of fused-ring (bicyclic) bond motifs is 1. The van der Waals surface area contributed by atoms with Crippen LogP contribution in [0.5, 0.6) is 0 Å². The van der Waals surface area contributed by atoms with Crippen LogP contribution in [0.15, 0.2) is 36.4 Å². The van der Waals surface area contributed by atoms with Crippen molar-refractivity contribution in [2.24, 2.45) is 0 Å². The maximum Gasteiger partial charge on any atom is 0.0593 e. The van der Waals surface area contributed by atoms with E-state index in [9.17, 15) is 0 Å². The molecule has 3 heteroatoms. The summed E-state index contributed by atoms with van der Waals surface area (Å²) in [6.45, 7) is 2.54. The fourth-order valence-electron chi connectivity index (χ4n) is 2.48. The minimum absolute atomic E-state index is 0.777. The molecule has 0 aliphatic rings. The summed E-state index contributed by atoms with van der Waals surface area (Å²) < 4.78 is 5.72. The zero-order chi connectivity index (χ0) is 15.2. The first kappa shape index (κ1) is 15.8. The molecule has 0 bridgehead atoms. The van der Waals surface area contributed by atoms with Crippen LogP contribution >= 0.6 is 0 Å². The molecular formula is C18H26N2O. The second-order valence-corrected chi connectivity index (χ2v) is 5.85. The quantitative estimate of drug-likeness (QED) is 0.728. The van der Waals surface area contributed by atoms with E-state index in [1.165, 1.54) is 22.0 Å². The molecule has 0 unspecified atom stereocenters. The Morgan fingerprint density at radius 2 is 1.57 bits per heavy atom. The minimum atomic E-state index is 0.777. The molecule has 0 saturated heterocycles. The number of hydrogen-bond donors (Lipinski definition) is 0. The summed E-state index contributed by atoms with van der Waals surface area (Å²) in [4.78, 5) is 4.31. The van der Waals surface area contributed by atoms with Gasteiger partial charge in [-0.05, 0) is 37.5 Å². The Hall–Kier alpha value is -1.58. The summed E-state index contributed by atoms with van der Waals surface area (Å²) in [6, 6.07) is 13.0. The molecule has 2 rings (SSSR count). The van der Waals surface area contributed by atoms with E-state index in [1.54, 1.807) is 0 Å².